The zero-order valence-electron chi connectivity index (χ0n) is 45.5. The minimum Gasteiger partial charge on any atom is -0.335 e. The zero-order valence-corrected chi connectivity index (χ0v) is 45.5. The molecule has 0 aromatic heterocycles. The molecule has 0 spiro atoms. The molecule has 1 aliphatic carbocycles. The molecule has 3 aliphatic heterocycles. The predicted octanol–water partition coefficient (Wildman–Crippen LogP) is 16.7. The van der Waals surface area contributed by atoms with Gasteiger partial charge in [-0.2, -0.15) is 0 Å². The van der Waals surface area contributed by atoms with Crippen LogP contribution in [0.1, 0.15) is 156 Å². The van der Waals surface area contributed by atoms with Gasteiger partial charge in [-0.3, -0.25) is 0 Å². The van der Waals surface area contributed by atoms with Gasteiger partial charge in [-0.15, -0.1) is 0 Å². The van der Waals surface area contributed by atoms with Crippen LogP contribution in [0.25, 0.3) is 11.1 Å². The van der Waals surface area contributed by atoms with Crippen molar-refractivity contribution in [1.82, 2.24) is 0 Å². The first-order chi connectivity index (χ1) is 33.4. The maximum absolute atomic E-state index is 2.89. The van der Waals surface area contributed by atoms with Gasteiger partial charge in [0.05, 0.1) is 11.2 Å². The van der Waals surface area contributed by atoms with E-state index in [0.29, 0.717) is 0 Å². The standard InChI is InChI=1S/C67H76BN3/c1-43-37-58-60-59(38-43)71-61-53(66(14)35-19-20-36-67(66,71)15)41-51(69(49-29-23-45(24-30-49)62(2,3)4)50-31-25-46(26-32-50)63(5,6)7)42-55(61)68(60)54-33-27-48(65(11,12)13)40-57(54)70(58)56-34-28-47(64(8,9)10)39-52(56)44-21-17-16-18-22-44/h16-18,21-34,37-42H,19-20,35-36H2,1-15H3. The van der Waals surface area contributed by atoms with E-state index in [9.17, 15) is 0 Å². The Balaban J connectivity index is 1.23. The maximum Gasteiger partial charge on any atom is 0.252 e. The van der Waals surface area contributed by atoms with Crippen LogP contribution in [0, 0.1) is 6.92 Å². The van der Waals surface area contributed by atoms with Gasteiger partial charge in [-0.05, 0) is 170 Å². The van der Waals surface area contributed by atoms with E-state index in [2.05, 4.69) is 258 Å². The molecule has 7 aromatic rings. The van der Waals surface area contributed by atoms with E-state index in [1.165, 1.54) is 119 Å². The van der Waals surface area contributed by atoms with Crippen molar-refractivity contribution in [3.05, 3.63) is 173 Å². The van der Waals surface area contributed by atoms with Crippen molar-refractivity contribution in [1.29, 1.82) is 0 Å². The molecule has 1 saturated carbocycles. The number of fused-ring (bicyclic) bond motifs is 7. The fourth-order valence-corrected chi connectivity index (χ4v) is 13.0. The van der Waals surface area contributed by atoms with E-state index in [-0.39, 0.29) is 39.3 Å². The average Bonchev–Trinajstić information content (AvgIpc) is 3.52. The summed E-state index contributed by atoms with van der Waals surface area (Å²) in [6.45, 7) is 35.6. The summed E-state index contributed by atoms with van der Waals surface area (Å²) in [5.74, 6) is 0. The van der Waals surface area contributed by atoms with Crippen molar-refractivity contribution in [3.8, 4) is 11.1 Å². The highest BCUT2D eigenvalue weighted by molar-refractivity contribution is 7.00. The molecule has 0 amide bonds. The van der Waals surface area contributed by atoms with Gasteiger partial charge in [0.15, 0.2) is 0 Å². The lowest BCUT2D eigenvalue weighted by Crippen LogP contribution is -2.64. The highest BCUT2D eigenvalue weighted by Crippen LogP contribution is 2.63. The SMILES string of the molecule is Cc1cc2c3c(c1)N1c4c(cc(N(c5ccc(C(C)(C)C)cc5)c5ccc(C(C)(C)C)cc5)cc4C4(C)CCCCC14C)B3c1ccc(C(C)(C)C)cc1N2c1ccc(C(C)(C)C)cc1-c1ccccc1. The van der Waals surface area contributed by atoms with Crippen molar-refractivity contribution < 1.29 is 0 Å². The lowest BCUT2D eigenvalue weighted by Gasteiger charge is -2.53. The predicted molar refractivity (Wildman–Crippen MR) is 308 cm³/mol. The summed E-state index contributed by atoms with van der Waals surface area (Å²) < 4.78 is 0. The number of benzene rings is 7. The monoisotopic (exact) mass is 934 g/mol. The first kappa shape index (κ1) is 47.3. The molecular formula is C67H76BN3. The Hall–Kier alpha value is -6.00. The Morgan fingerprint density at radius 2 is 1.01 bits per heavy atom. The molecule has 362 valence electrons. The molecular weight excluding hydrogens is 858 g/mol. The molecule has 4 aliphatic rings. The number of hydrogen-bond donors (Lipinski definition) is 0. The van der Waals surface area contributed by atoms with Crippen molar-refractivity contribution in [3.63, 3.8) is 0 Å². The highest BCUT2D eigenvalue weighted by Gasteiger charge is 2.61. The molecule has 0 bridgehead atoms. The highest BCUT2D eigenvalue weighted by atomic mass is 15.3. The van der Waals surface area contributed by atoms with Crippen LogP contribution in [0.4, 0.5) is 45.5 Å². The minimum atomic E-state index is -0.119. The summed E-state index contributed by atoms with van der Waals surface area (Å²) in [5, 5.41) is 0. The van der Waals surface area contributed by atoms with Crippen molar-refractivity contribution in [2.24, 2.45) is 0 Å². The summed E-state index contributed by atoms with van der Waals surface area (Å²) >= 11 is 0. The van der Waals surface area contributed by atoms with E-state index >= 15 is 0 Å². The van der Waals surface area contributed by atoms with E-state index in [4.69, 9.17) is 0 Å². The first-order valence-electron chi connectivity index (χ1n) is 26.7. The number of aryl methyl sites for hydroxylation is 1. The molecule has 0 saturated heterocycles. The van der Waals surface area contributed by atoms with Gasteiger partial charge in [0.2, 0.25) is 0 Å². The van der Waals surface area contributed by atoms with Crippen molar-refractivity contribution >= 4 is 68.6 Å². The van der Waals surface area contributed by atoms with Crippen LogP contribution in [0.5, 0.6) is 0 Å². The van der Waals surface area contributed by atoms with Gasteiger partial charge in [-0.25, -0.2) is 0 Å². The number of rotatable bonds is 5. The average molecular weight is 934 g/mol. The third-order valence-corrected chi connectivity index (χ3v) is 17.5. The molecule has 1 fully saturated rings. The smallest absolute Gasteiger partial charge is 0.252 e. The summed E-state index contributed by atoms with van der Waals surface area (Å²) in [6, 6.07) is 55.1. The molecule has 0 N–H and O–H groups in total. The van der Waals surface area contributed by atoms with Crippen LogP contribution in [0.3, 0.4) is 0 Å². The van der Waals surface area contributed by atoms with Crippen LogP contribution >= 0.6 is 0 Å². The largest absolute Gasteiger partial charge is 0.335 e. The van der Waals surface area contributed by atoms with E-state index in [0.717, 1.165) is 12.8 Å². The van der Waals surface area contributed by atoms with Crippen LogP contribution in [-0.4, -0.2) is 12.3 Å². The van der Waals surface area contributed by atoms with Gasteiger partial charge in [0.25, 0.3) is 6.71 Å². The molecule has 2 unspecified atom stereocenters. The topological polar surface area (TPSA) is 9.72 Å². The summed E-state index contributed by atoms with van der Waals surface area (Å²) in [6.07, 6.45) is 4.77. The lowest BCUT2D eigenvalue weighted by molar-refractivity contribution is 0.195. The molecule has 3 nitrogen and oxygen atoms in total. The molecule has 2 atom stereocenters. The molecule has 3 heterocycles. The number of nitrogens with zero attached hydrogens (tertiary/aromatic N) is 3. The Morgan fingerprint density at radius 3 is 1.61 bits per heavy atom. The third-order valence-electron chi connectivity index (χ3n) is 17.5. The second kappa shape index (κ2) is 16.0. The maximum atomic E-state index is 2.89. The number of anilines is 8. The molecule has 11 rings (SSSR count). The van der Waals surface area contributed by atoms with Gasteiger partial charge < -0.3 is 14.7 Å². The quantitative estimate of drug-likeness (QED) is 0.159. The van der Waals surface area contributed by atoms with Crippen LogP contribution in [-0.2, 0) is 27.1 Å². The van der Waals surface area contributed by atoms with E-state index in [1.54, 1.807) is 0 Å². The third kappa shape index (κ3) is 7.43. The van der Waals surface area contributed by atoms with Gasteiger partial charge in [0, 0.05) is 50.8 Å². The van der Waals surface area contributed by atoms with Crippen LogP contribution in [0.2, 0.25) is 0 Å². The normalized spacial score (nSPS) is 19.3. The van der Waals surface area contributed by atoms with Crippen molar-refractivity contribution in [2.45, 2.75) is 162 Å². The van der Waals surface area contributed by atoms with Crippen LogP contribution < -0.4 is 31.1 Å². The van der Waals surface area contributed by atoms with Gasteiger partial charge >= 0.3 is 0 Å². The fourth-order valence-electron chi connectivity index (χ4n) is 13.0. The molecule has 0 radical (unpaired) electrons. The first-order valence-corrected chi connectivity index (χ1v) is 26.7. The fraction of sp³-hybridized carbons (Fsp3) is 0.373. The van der Waals surface area contributed by atoms with Crippen molar-refractivity contribution in [2.75, 3.05) is 14.7 Å². The lowest BCUT2D eigenvalue weighted by atomic mass is 9.33. The summed E-state index contributed by atoms with van der Waals surface area (Å²) in [7, 11) is 0. The van der Waals surface area contributed by atoms with Gasteiger partial charge in [-0.1, -0.05) is 176 Å². The van der Waals surface area contributed by atoms with Gasteiger partial charge in [0.1, 0.15) is 0 Å². The summed E-state index contributed by atoms with van der Waals surface area (Å²) in [5.41, 5.74) is 25.0. The Bertz CT molecular complexity index is 3170. The molecule has 7 aromatic carbocycles. The Morgan fingerprint density at radius 1 is 0.479 bits per heavy atom. The summed E-state index contributed by atoms with van der Waals surface area (Å²) in [4.78, 5) is 8.13. The van der Waals surface area contributed by atoms with E-state index in [1.807, 2.05) is 0 Å². The van der Waals surface area contributed by atoms with E-state index < -0.39 is 0 Å². The molecule has 71 heavy (non-hydrogen) atoms. The second-order valence-corrected chi connectivity index (χ2v) is 26.4. The minimum absolute atomic E-state index is 0.0109. The second-order valence-electron chi connectivity index (χ2n) is 26.4. The zero-order chi connectivity index (χ0) is 50.4. The Kier molecular flexibility index (Phi) is 10.7. The number of hydrogen-bond acceptors (Lipinski definition) is 3. The Labute approximate surface area is 427 Å². The van der Waals surface area contributed by atoms with Crippen LogP contribution in [0.15, 0.2) is 140 Å². The molecule has 4 heteroatoms.